The SMILES string of the molecule is CCC(N)C(c1ccc(Br)cc1)N(C)CC(C)C. The summed E-state index contributed by atoms with van der Waals surface area (Å²) in [5.41, 5.74) is 7.61. The molecule has 0 amide bonds. The maximum atomic E-state index is 6.31. The molecule has 0 radical (unpaired) electrons. The molecule has 18 heavy (non-hydrogen) atoms. The third-order valence-electron chi connectivity index (χ3n) is 3.22. The second-order valence-electron chi connectivity index (χ2n) is 5.40. The van der Waals surface area contributed by atoms with E-state index in [1.807, 2.05) is 0 Å². The third-order valence-corrected chi connectivity index (χ3v) is 3.75. The smallest absolute Gasteiger partial charge is 0.0496 e. The zero-order chi connectivity index (χ0) is 13.7. The summed E-state index contributed by atoms with van der Waals surface area (Å²) >= 11 is 3.48. The van der Waals surface area contributed by atoms with E-state index in [2.05, 4.69) is 72.9 Å². The van der Waals surface area contributed by atoms with Crippen molar-refractivity contribution < 1.29 is 0 Å². The van der Waals surface area contributed by atoms with Gasteiger partial charge in [-0.2, -0.15) is 0 Å². The van der Waals surface area contributed by atoms with Crippen LogP contribution in [0.4, 0.5) is 0 Å². The lowest BCUT2D eigenvalue weighted by Gasteiger charge is -2.34. The van der Waals surface area contributed by atoms with E-state index in [1.54, 1.807) is 0 Å². The molecule has 0 aliphatic carbocycles. The molecular formula is C15H25BrN2. The van der Waals surface area contributed by atoms with Gasteiger partial charge in [0.15, 0.2) is 0 Å². The van der Waals surface area contributed by atoms with E-state index in [-0.39, 0.29) is 6.04 Å². The molecule has 2 N–H and O–H groups in total. The van der Waals surface area contributed by atoms with E-state index in [4.69, 9.17) is 5.73 Å². The lowest BCUT2D eigenvalue weighted by molar-refractivity contribution is 0.189. The summed E-state index contributed by atoms with van der Waals surface area (Å²) in [6.45, 7) is 7.70. The van der Waals surface area contributed by atoms with Gasteiger partial charge in [-0.3, -0.25) is 4.90 Å². The molecule has 0 aromatic heterocycles. The molecule has 2 nitrogen and oxygen atoms in total. The van der Waals surface area contributed by atoms with Crippen LogP contribution in [0.3, 0.4) is 0 Å². The van der Waals surface area contributed by atoms with Gasteiger partial charge in [0, 0.05) is 23.1 Å². The summed E-state index contributed by atoms with van der Waals surface area (Å²) in [6.07, 6.45) is 0.989. The van der Waals surface area contributed by atoms with Crippen molar-refractivity contribution in [2.45, 2.75) is 39.3 Å². The van der Waals surface area contributed by atoms with Gasteiger partial charge in [0.2, 0.25) is 0 Å². The van der Waals surface area contributed by atoms with Crippen LogP contribution in [0.15, 0.2) is 28.7 Å². The second kappa shape index (κ2) is 7.27. The highest BCUT2D eigenvalue weighted by Gasteiger charge is 2.23. The minimum atomic E-state index is 0.176. The van der Waals surface area contributed by atoms with Crippen LogP contribution in [0.2, 0.25) is 0 Å². The Morgan fingerprint density at radius 1 is 1.22 bits per heavy atom. The third kappa shape index (κ3) is 4.38. The molecule has 0 spiro atoms. The minimum Gasteiger partial charge on any atom is -0.326 e. The zero-order valence-electron chi connectivity index (χ0n) is 11.9. The van der Waals surface area contributed by atoms with Crippen LogP contribution in [0.25, 0.3) is 0 Å². The summed E-state index contributed by atoms with van der Waals surface area (Å²) in [4.78, 5) is 2.38. The zero-order valence-corrected chi connectivity index (χ0v) is 13.4. The fraction of sp³-hybridized carbons (Fsp3) is 0.600. The molecule has 1 rings (SSSR count). The van der Waals surface area contributed by atoms with Gasteiger partial charge in [-0.1, -0.05) is 48.8 Å². The van der Waals surface area contributed by atoms with E-state index in [1.165, 1.54) is 5.56 Å². The first kappa shape index (κ1) is 15.7. The number of hydrogen-bond donors (Lipinski definition) is 1. The molecule has 1 aromatic rings. The van der Waals surface area contributed by atoms with E-state index >= 15 is 0 Å². The first-order valence-corrected chi connectivity index (χ1v) is 7.46. The number of halogens is 1. The van der Waals surface area contributed by atoms with Gasteiger partial charge in [-0.15, -0.1) is 0 Å². The molecule has 0 bridgehead atoms. The second-order valence-corrected chi connectivity index (χ2v) is 6.32. The highest BCUT2D eigenvalue weighted by molar-refractivity contribution is 9.10. The summed E-state index contributed by atoms with van der Waals surface area (Å²) in [5, 5.41) is 0. The fourth-order valence-electron chi connectivity index (χ4n) is 2.40. The number of likely N-dealkylation sites (N-methyl/N-ethyl adjacent to an activating group) is 1. The molecule has 2 unspecified atom stereocenters. The molecule has 0 aliphatic rings. The standard InChI is InChI=1S/C15H25BrN2/c1-5-14(17)15(18(4)10-11(2)3)12-6-8-13(16)9-7-12/h6-9,11,14-15H,5,10,17H2,1-4H3. The summed E-state index contributed by atoms with van der Waals surface area (Å²) in [6, 6.07) is 8.99. The van der Waals surface area contributed by atoms with Crippen molar-refractivity contribution in [2.75, 3.05) is 13.6 Å². The molecule has 0 saturated carbocycles. The van der Waals surface area contributed by atoms with E-state index in [9.17, 15) is 0 Å². The van der Waals surface area contributed by atoms with E-state index in [0.29, 0.717) is 12.0 Å². The molecule has 1 aromatic carbocycles. The van der Waals surface area contributed by atoms with Crippen LogP contribution in [0.1, 0.15) is 38.8 Å². The molecule has 3 heteroatoms. The average Bonchev–Trinajstić information content (AvgIpc) is 2.30. The molecule has 0 aliphatic heterocycles. The maximum Gasteiger partial charge on any atom is 0.0496 e. The summed E-state index contributed by atoms with van der Waals surface area (Å²) in [5.74, 6) is 0.650. The Hall–Kier alpha value is -0.380. The molecule has 0 saturated heterocycles. The van der Waals surface area contributed by atoms with Gasteiger partial charge in [0.05, 0.1) is 0 Å². The quantitative estimate of drug-likeness (QED) is 0.865. The summed E-state index contributed by atoms with van der Waals surface area (Å²) < 4.78 is 1.11. The van der Waals surface area contributed by atoms with Crippen LogP contribution in [0.5, 0.6) is 0 Å². The van der Waals surface area contributed by atoms with E-state index in [0.717, 1.165) is 17.4 Å². The minimum absolute atomic E-state index is 0.176. The average molecular weight is 313 g/mol. The number of nitrogens with two attached hydrogens (primary N) is 1. The van der Waals surface area contributed by atoms with Crippen molar-refractivity contribution in [3.63, 3.8) is 0 Å². The maximum absolute atomic E-state index is 6.31. The highest BCUT2D eigenvalue weighted by atomic mass is 79.9. The number of rotatable bonds is 6. The first-order chi connectivity index (χ1) is 8.45. The van der Waals surface area contributed by atoms with Crippen molar-refractivity contribution in [1.82, 2.24) is 4.90 Å². The molecule has 0 fully saturated rings. The topological polar surface area (TPSA) is 29.3 Å². The van der Waals surface area contributed by atoms with Gasteiger partial charge in [-0.05, 0) is 37.1 Å². The van der Waals surface area contributed by atoms with E-state index < -0.39 is 0 Å². The Bertz CT molecular complexity index is 348. The lowest BCUT2D eigenvalue weighted by atomic mass is 9.96. The fourth-order valence-corrected chi connectivity index (χ4v) is 2.67. The van der Waals surface area contributed by atoms with Crippen LogP contribution < -0.4 is 5.73 Å². The largest absolute Gasteiger partial charge is 0.326 e. The van der Waals surface area contributed by atoms with Crippen molar-refractivity contribution in [3.05, 3.63) is 34.3 Å². The van der Waals surface area contributed by atoms with Gasteiger partial charge < -0.3 is 5.73 Å². The molecule has 2 atom stereocenters. The summed E-state index contributed by atoms with van der Waals surface area (Å²) in [7, 11) is 2.17. The highest BCUT2D eigenvalue weighted by Crippen LogP contribution is 2.26. The normalized spacial score (nSPS) is 15.1. The van der Waals surface area contributed by atoms with Crippen LogP contribution >= 0.6 is 15.9 Å². The van der Waals surface area contributed by atoms with Crippen LogP contribution in [-0.4, -0.2) is 24.5 Å². The van der Waals surface area contributed by atoms with Crippen molar-refractivity contribution >= 4 is 15.9 Å². The molecule has 0 heterocycles. The van der Waals surface area contributed by atoms with Crippen LogP contribution in [-0.2, 0) is 0 Å². The van der Waals surface area contributed by atoms with Crippen molar-refractivity contribution in [2.24, 2.45) is 11.7 Å². The van der Waals surface area contributed by atoms with Crippen molar-refractivity contribution in [3.8, 4) is 0 Å². The Labute approximate surface area is 120 Å². The number of nitrogens with zero attached hydrogens (tertiary/aromatic N) is 1. The predicted molar refractivity (Wildman–Crippen MR) is 82.6 cm³/mol. The Morgan fingerprint density at radius 2 is 1.78 bits per heavy atom. The van der Waals surface area contributed by atoms with Gasteiger partial charge in [0.1, 0.15) is 0 Å². The Morgan fingerprint density at radius 3 is 2.22 bits per heavy atom. The van der Waals surface area contributed by atoms with Gasteiger partial charge in [-0.25, -0.2) is 0 Å². The number of hydrogen-bond acceptors (Lipinski definition) is 2. The number of benzene rings is 1. The molecule has 102 valence electrons. The molecular weight excluding hydrogens is 288 g/mol. The predicted octanol–water partition coefficient (Wildman–Crippen LogP) is 3.82. The van der Waals surface area contributed by atoms with Crippen LogP contribution in [0, 0.1) is 5.92 Å². The van der Waals surface area contributed by atoms with Gasteiger partial charge in [0.25, 0.3) is 0 Å². The lowest BCUT2D eigenvalue weighted by Crippen LogP contribution is -2.40. The monoisotopic (exact) mass is 312 g/mol. The first-order valence-electron chi connectivity index (χ1n) is 6.67. The Balaban J connectivity index is 2.94. The van der Waals surface area contributed by atoms with Crippen molar-refractivity contribution in [1.29, 1.82) is 0 Å². The Kier molecular flexibility index (Phi) is 6.33. The van der Waals surface area contributed by atoms with Gasteiger partial charge >= 0.3 is 0 Å².